The zero-order chi connectivity index (χ0) is 9.02. The van der Waals surface area contributed by atoms with Gasteiger partial charge in [-0.15, -0.1) is 0 Å². The fourth-order valence-corrected chi connectivity index (χ4v) is 1.14. The van der Waals surface area contributed by atoms with Crippen molar-refractivity contribution in [1.29, 1.82) is 0 Å². The van der Waals surface area contributed by atoms with Gasteiger partial charge in [-0.25, -0.2) is 0 Å². The molecular weight excluding hydrogens is 134 g/mol. The molecule has 0 unspecified atom stereocenters. The molecule has 0 bridgehead atoms. The van der Waals surface area contributed by atoms with E-state index in [0.717, 1.165) is 5.57 Å². The monoisotopic (exact) mass is 153 g/mol. The van der Waals surface area contributed by atoms with Gasteiger partial charge >= 0.3 is 0 Å². The summed E-state index contributed by atoms with van der Waals surface area (Å²) in [5.74, 6) is 0.552. The fourth-order valence-electron chi connectivity index (χ4n) is 1.14. The second-order valence-corrected chi connectivity index (χ2v) is 3.22. The maximum absolute atomic E-state index is 3.91. The summed E-state index contributed by atoms with van der Waals surface area (Å²) in [7, 11) is 1.96. The minimum atomic E-state index is 0.552. The minimum Gasteiger partial charge on any atom is -0.391 e. The van der Waals surface area contributed by atoms with Crippen LogP contribution < -0.4 is 5.32 Å². The van der Waals surface area contributed by atoms with E-state index >= 15 is 0 Å². The predicted octanol–water partition coefficient (Wildman–Crippen LogP) is 2.71. The van der Waals surface area contributed by atoms with Crippen molar-refractivity contribution in [2.75, 3.05) is 7.05 Å². The third kappa shape index (κ3) is 2.79. The van der Waals surface area contributed by atoms with Gasteiger partial charge in [0.2, 0.25) is 0 Å². The van der Waals surface area contributed by atoms with E-state index in [9.17, 15) is 0 Å². The molecule has 1 heteroatoms. The molecule has 0 aliphatic carbocycles. The number of allylic oxidation sites excluding steroid dienone is 3. The van der Waals surface area contributed by atoms with Crippen molar-refractivity contribution in [3.8, 4) is 0 Å². The molecule has 1 N–H and O–H groups in total. The standard InChI is InChI=1S/C10H19N/c1-7(2)9(5)10(11-6)8(3)4/h8,11H,1H2,2-6H3/b10-9-. The van der Waals surface area contributed by atoms with Crippen molar-refractivity contribution in [3.05, 3.63) is 23.4 Å². The van der Waals surface area contributed by atoms with Gasteiger partial charge in [-0.05, 0) is 25.3 Å². The van der Waals surface area contributed by atoms with Gasteiger partial charge in [0, 0.05) is 12.7 Å². The highest BCUT2D eigenvalue weighted by molar-refractivity contribution is 5.29. The first-order valence-electron chi connectivity index (χ1n) is 4.05. The smallest absolute Gasteiger partial charge is 0.0162 e. The molecule has 0 fully saturated rings. The lowest BCUT2D eigenvalue weighted by molar-refractivity contribution is 0.688. The van der Waals surface area contributed by atoms with Gasteiger partial charge in [-0.2, -0.15) is 0 Å². The Balaban J connectivity index is 4.68. The predicted molar refractivity (Wildman–Crippen MR) is 51.4 cm³/mol. The lowest BCUT2D eigenvalue weighted by Gasteiger charge is -2.15. The van der Waals surface area contributed by atoms with Crippen molar-refractivity contribution < 1.29 is 0 Å². The van der Waals surface area contributed by atoms with Crippen LogP contribution in [0.1, 0.15) is 27.7 Å². The Morgan fingerprint density at radius 2 is 1.73 bits per heavy atom. The van der Waals surface area contributed by atoms with Gasteiger partial charge in [0.15, 0.2) is 0 Å². The number of rotatable bonds is 3. The van der Waals surface area contributed by atoms with Crippen LogP contribution in [0.5, 0.6) is 0 Å². The fraction of sp³-hybridized carbons (Fsp3) is 0.600. The van der Waals surface area contributed by atoms with E-state index in [-0.39, 0.29) is 0 Å². The van der Waals surface area contributed by atoms with E-state index in [4.69, 9.17) is 0 Å². The van der Waals surface area contributed by atoms with Gasteiger partial charge in [-0.3, -0.25) is 0 Å². The molecule has 0 aliphatic heterocycles. The van der Waals surface area contributed by atoms with Crippen LogP contribution in [0, 0.1) is 5.92 Å². The lowest BCUT2D eigenvalue weighted by Crippen LogP contribution is -2.14. The summed E-state index contributed by atoms with van der Waals surface area (Å²) in [6, 6.07) is 0. The summed E-state index contributed by atoms with van der Waals surface area (Å²) in [5.41, 5.74) is 3.71. The molecule has 11 heavy (non-hydrogen) atoms. The topological polar surface area (TPSA) is 12.0 Å². The Kier molecular flexibility index (Phi) is 3.94. The molecule has 0 saturated heterocycles. The summed E-state index contributed by atoms with van der Waals surface area (Å²) in [6.07, 6.45) is 0. The normalized spacial score (nSPS) is 12.9. The largest absolute Gasteiger partial charge is 0.391 e. The third-order valence-electron chi connectivity index (χ3n) is 1.89. The maximum Gasteiger partial charge on any atom is 0.0162 e. The summed E-state index contributed by atoms with van der Waals surface area (Å²) in [5, 5.41) is 3.20. The van der Waals surface area contributed by atoms with Crippen molar-refractivity contribution in [3.63, 3.8) is 0 Å². The maximum atomic E-state index is 3.91. The van der Waals surface area contributed by atoms with E-state index in [1.165, 1.54) is 11.3 Å². The quantitative estimate of drug-likeness (QED) is 0.615. The number of hydrogen-bond acceptors (Lipinski definition) is 1. The van der Waals surface area contributed by atoms with E-state index in [2.05, 4.69) is 32.7 Å². The van der Waals surface area contributed by atoms with Crippen LogP contribution in [0.2, 0.25) is 0 Å². The molecule has 0 aromatic rings. The van der Waals surface area contributed by atoms with Gasteiger partial charge < -0.3 is 5.32 Å². The molecule has 0 rings (SSSR count). The highest BCUT2D eigenvalue weighted by Crippen LogP contribution is 2.16. The molecule has 64 valence electrons. The van der Waals surface area contributed by atoms with Crippen LogP contribution in [-0.4, -0.2) is 7.05 Å². The van der Waals surface area contributed by atoms with E-state index in [1.54, 1.807) is 0 Å². The van der Waals surface area contributed by atoms with Crippen LogP contribution in [0.4, 0.5) is 0 Å². The zero-order valence-electron chi connectivity index (χ0n) is 8.28. The summed E-state index contributed by atoms with van der Waals surface area (Å²) >= 11 is 0. The number of hydrogen-bond donors (Lipinski definition) is 1. The molecule has 0 aliphatic rings. The molecule has 0 spiro atoms. The van der Waals surface area contributed by atoms with Crippen LogP contribution in [-0.2, 0) is 0 Å². The Morgan fingerprint density at radius 1 is 1.27 bits per heavy atom. The SMILES string of the molecule is C=C(C)/C(C)=C(\NC)C(C)C. The lowest BCUT2D eigenvalue weighted by atomic mass is 10.0. The first-order valence-corrected chi connectivity index (χ1v) is 4.05. The second kappa shape index (κ2) is 4.22. The number of nitrogens with one attached hydrogen (secondary N) is 1. The Bertz CT molecular complexity index is 175. The average Bonchev–Trinajstić information content (AvgIpc) is 1.88. The van der Waals surface area contributed by atoms with E-state index in [1.807, 2.05) is 14.0 Å². The minimum absolute atomic E-state index is 0.552. The highest BCUT2D eigenvalue weighted by atomic mass is 14.8. The first kappa shape index (κ1) is 10.3. The molecule has 0 saturated carbocycles. The third-order valence-corrected chi connectivity index (χ3v) is 1.89. The van der Waals surface area contributed by atoms with Gasteiger partial charge in [0.25, 0.3) is 0 Å². The van der Waals surface area contributed by atoms with Crippen molar-refractivity contribution in [2.45, 2.75) is 27.7 Å². The van der Waals surface area contributed by atoms with E-state index < -0.39 is 0 Å². The van der Waals surface area contributed by atoms with Gasteiger partial charge in [0.1, 0.15) is 0 Å². The summed E-state index contributed by atoms with van der Waals surface area (Å²) in [6.45, 7) is 12.4. The second-order valence-electron chi connectivity index (χ2n) is 3.22. The molecule has 1 nitrogen and oxygen atoms in total. The molecular formula is C10H19N. The summed E-state index contributed by atoms with van der Waals surface area (Å²) in [4.78, 5) is 0. The Hall–Kier alpha value is -0.720. The van der Waals surface area contributed by atoms with Crippen molar-refractivity contribution in [2.24, 2.45) is 5.92 Å². The first-order chi connectivity index (χ1) is 5.00. The molecule has 0 atom stereocenters. The van der Waals surface area contributed by atoms with Crippen molar-refractivity contribution >= 4 is 0 Å². The zero-order valence-corrected chi connectivity index (χ0v) is 8.28. The van der Waals surface area contributed by atoms with Crippen molar-refractivity contribution in [1.82, 2.24) is 5.32 Å². The highest BCUT2D eigenvalue weighted by Gasteiger charge is 2.04. The van der Waals surface area contributed by atoms with Gasteiger partial charge in [0.05, 0.1) is 0 Å². The molecule has 0 radical (unpaired) electrons. The Labute approximate surface area is 70.2 Å². The van der Waals surface area contributed by atoms with Crippen LogP contribution in [0.25, 0.3) is 0 Å². The molecule has 0 aromatic heterocycles. The molecule has 0 aromatic carbocycles. The summed E-state index contributed by atoms with van der Waals surface area (Å²) < 4.78 is 0. The molecule has 0 amide bonds. The van der Waals surface area contributed by atoms with Crippen LogP contribution in [0.15, 0.2) is 23.4 Å². The van der Waals surface area contributed by atoms with Crippen LogP contribution in [0.3, 0.4) is 0 Å². The van der Waals surface area contributed by atoms with Crippen LogP contribution >= 0.6 is 0 Å². The molecule has 0 heterocycles. The average molecular weight is 153 g/mol. The van der Waals surface area contributed by atoms with E-state index in [0.29, 0.717) is 5.92 Å². The van der Waals surface area contributed by atoms with Gasteiger partial charge in [-0.1, -0.05) is 26.0 Å². The Morgan fingerprint density at radius 3 is 1.82 bits per heavy atom.